The topological polar surface area (TPSA) is 123 Å². The number of unbranched alkanes of at least 4 members (excludes halogenated alkanes) is 3. The van der Waals surface area contributed by atoms with Gasteiger partial charge in [0.05, 0.1) is 12.1 Å². The Labute approximate surface area is 486 Å². The fourth-order valence-corrected chi connectivity index (χ4v) is 12.5. The van der Waals surface area contributed by atoms with Crippen LogP contribution in [0, 0.1) is 5.92 Å². The molecule has 2 heterocycles. The summed E-state index contributed by atoms with van der Waals surface area (Å²) in [5.74, 6) is 1.58. The number of carbonyl (C=O) groups is 4. The predicted molar refractivity (Wildman–Crippen MR) is 330 cm³/mol. The van der Waals surface area contributed by atoms with Crippen LogP contribution >= 0.6 is 23.2 Å². The van der Waals surface area contributed by atoms with Gasteiger partial charge in [-0.05, 0) is 132 Å². The van der Waals surface area contributed by atoms with E-state index in [4.69, 9.17) is 23.2 Å². The summed E-state index contributed by atoms with van der Waals surface area (Å²) in [7, 11) is 0. The molecule has 0 unspecified atom stereocenters. The van der Waals surface area contributed by atoms with Gasteiger partial charge in [-0.3, -0.25) is 19.2 Å². The summed E-state index contributed by atoms with van der Waals surface area (Å²) in [6.07, 6.45) is 17.4. The first-order valence-corrected chi connectivity index (χ1v) is 30.9. The highest BCUT2D eigenvalue weighted by atomic mass is 35.5. The molecule has 4 N–H and O–H groups in total. The van der Waals surface area contributed by atoms with Crippen molar-refractivity contribution in [1.29, 1.82) is 0 Å². The number of hydrogen-bond donors (Lipinski definition) is 4. The molecular weight excluding hydrogens is 1040 g/mol. The van der Waals surface area contributed by atoms with Crippen LogP contribution < -0.4 is 21.3 Å². The summed E-state index contributed by atoms with van der Waals surface area (Å²) >= 11 is 12.2. The Morgan fingerprint density at radius 2 is 0.975 bits per heavy atom. The lowest BCUT2D eigenvalue weighted by molar-refractivity contribution is -0.134. The van der Waals surface area contributed by atoms with E-state index in [2.05, 4.69) is 100 Å². The average molecular weight is 1120 g/mol. The maximum absolute atomic E-state index is 13.9. The Balaban J connectivity index is 0.000000211. The van der Waals surface area contributed by atoms with Gasteiger partial charge in [0.2, 0.25) is 11.8 Å². The molecule has 0 spiro atoms. The maximum atomic E-state index is 13.9. The van der Waals surface area contributed by atoms with E-state index in [0.29, 0.717) is 59.2 Å². The number of halogens is 2. The van der Waals surface area contributed by atoms with Crippen molar-refractivity contribution in [1.82, 2.24) is 31.1 Å². The van der Waals surface area contributed by atoms with E-state index in [0.717, 1.165) is 98.3 Å². The zero-order valence-electron chi connectivity index (χ0n) is 47.6. The minimum atomic E-state index is -0.218. The van der Waals surface area contributed by atoms with Crippen LogP contribution in [0.4, 0.5) is 0 Å². The van der Waals surface area contributed by atoms with Crippen LogP contribution in [0.2, 0.25) is 10.0 Å². The zero-order valence-corrected chi connectivity index (χ0v) is 49.1. The summed E-state index contributed by atoms with van der Waals surface area (Å²) < 4.78 is 0. The Hall–Kier alpha value is -5.78. The Kier molecular flexibility index (Phi) is 23.3. The SMILES string of the molecule is CCCCCC[C@@H]1N[C@H](CNC(=O)c2ccc3cc(Cl)ccc3c2)CCN(C[C@@H](CC)c2ccccc2)C1=O.CC[C@H](CN1CC[C@@H](CNC(=O)c2ccc3cc(Cl)ccc3c2)N[C@@H](CCC2CCCCC2)C1=O)c1ccccc1. The summed E-state index contributed by atoms with van der Waals surface area (Å²) in [5, 5.41) is 18.9. The van der Waals surface area contributed by atoms with Gasteiger partial charge in [0, 0.05) is 84.4 Å². The van der Waals surface area contributed by atoms with Crippen molar-refractivity contribution in [2.75, 3.05) is 39.3 Å². The van der Waals surface area contributed by atoms with Gasteiger partial charge in [0.1, 0.15) is 0 Å². The van der Waals surface area contributed by atoms with Crippen LogP contribution in [0.15, 0.2) is 133 Å². The van der Waals surface area contributed by atoms with Gasteiger partial charge in [-0.25, -0.2) is 0 Å². The van der Waals surface area contributed by atoms with Gasteiger partial charge in [0.25, 0.3) is 11.8 Å². The first-order chi connectivity index (χ1) is 39.0. The van der Waals surface area contributed by atoms with Crippen molar-refractivity contribution in [2.24, 2.45) is 5.92 Å². The first kappa shape index (κ1) is 60.3. The molecule has 0 bridgehead atoms. The normalized spacial score (nSPS) is 19.9. The highest BCUT2D eigenvalue weighted by Gasteiger charge is 2.34. The smallest absolute Gasteiger partial charge is 0.251 e. The molecule has 6 aromatic carbocycles. The molecule has 2 aliphatic heterocycles. The lowest BCUT2D eigenvalue weighted by Gasteiger charge is -2.29. The monoisotopic (exact) mass is 1120 g/mol. The third kappa shape index (κ3) is 17.4. The second-order valence-electron chi connectivity index (χ2n) is 22.8. The van der Waals surface area contributed by atoms with E-state index in [-0.39, 0.29) is 47.8 Å². The molecule has 0 radical (unpaired) electrons. The third-order valence-corrected chi connectivity index (χ3v) is 17.5. The number of rotatable bonds is 22. The molecular formula is C68H86Cl2N6O4. The molecule has 6 atom stereocenters. The average Bonchev–Trinajstić information content (AvgIpc) is 3.76. The molecule has 2 saturated heterocycles. The highest BCUT2D eigenvalue weighted by Crippen LogP contribution is 2.30. The molecule has 426 valence electrons. The van der Waals surface area contributed by atoms with Gasteiger partial charge >= 0.3 is 0 Å². The fourth-order valence-electron chi connectivity index (χ4n) is 12.2. The van der Waals surface area contributed by atoms with E-state index < -0.39 is 0 Å². The van der Waals surface area contributed by atoms with Crippen LogP contribution in [0.1, 0.15) is 167 Å². The fraction of sp³-hybridized carbons (Fsp3) is 0.471. The minimum Gasteiger partial charge on any atom is -0.350 e. The Morgan fingerprint density at radius 1 is 0.525 bits per heavy atom. The second kappa shape index (κ2) is 30.9. The van der Waals surface area contributed by atoms with Gasteiger partial charge in [-0.15, -0.1) is 0 Å². The van der Waals surface area contributed by atoms with E-state index in [1.54, 1.807) is 0 Å². The first-order valence-electron chi connectivity index (χ1n) is 30.1. The summed E-state index contributed by atoms with van der Waals surface area (Å²) in [5.41, 5.74) is 3.83. The molecule has 3 aliphatic rings. The number of amides is 4. The van der Waals surface area contributed by atoms with Crippen molar-refractivity contribution in [2.45, 2.75) is 160 Å². The van der Waals surface area contributed by atoms with Crippen molar-refractivity contribution < 1.29 is 19.2 Å². The molecule has 4 amide bonds. The lowest BCUT2D eigenvalue weighted by Crippen LogP contribution is -2.49. The largest absolute Gasteiger partial charge is 0.350 e. The lowest BCUT2D eigenvalue weighted by atomic mass is 9.85. The van der Waals surface area contributed by atoms with E-state index in [1.165, 1.54) is 56.1 Å². The molecule has 80 heavy (non-hydrogen) atoms. The zero-order chi connectivity index (χ0) is 56.2. The van der Waals surface area contributed by atoms with Crippen LogP contribution in [0.25, 0.3) is 21.5 Å². The Morgan fingerprint density at radius 3 is 1.44 bits per heavy atom. The summed E-state index contributed by atoms with van der Waals surface area (Å²) in [6, 6.07) is 43.5. The Bertz CT molecular complexity index is 2930. The molecule has 3 fully saturated rings. The number of benzene rings is 6. The van der Waals surface area contributed by atoms with Crippen LogP contribution in [-0.4, -0.2) is 96.9 Å². The molecule has 12 heteroatoms. The van der Waals surface area contributed by atoms with Crippen LogP contribution in [0.5, 0.6) is 0 Å². The van der Waals surface area contributed by atoms with Gasteiger partial charge < -0.3 is 31.1 Å². The molecule has 1 saturated carbocycles. The van der Waals surface area contributed by atoms with E-state index in [9.17, 15) is 19.2 Å². The maximum Gasteiger partial charge on any atom is 0.251 e. The minimum absolute atomic E-state index is 0.0372. The molecule has 9 rings (SSSR count). The van der Waals surface area contributed by atoms with Crippen molar-refractivity contribution >= 4 is 68.4 Å². The van der Waals surface area contributed by atoms with Gasteiger partial charge in [0.15, 0.2) is 0 Å². The summed E-state index contributed by atoms with van der Waals surface area (Å²) in [4.78, 5) is 58.0. The van der Waals surface area contributed by atoms with Crippen molar-refractivity contribution in [3.63, 3.8) is 0 Å². The van der Waals surface area contributed by atoms with Gasteiger partial charge in [-0.2, -0.15) is 0 Å². The van der Waals surface area contributed by atoms with Crippen LogP contribution in [0.3, 0.4) is 0 Å². The van der Waals surface area contributed by atoms with E-state index in [1.807, 2.05) is 84.9 Å². The molecule has 6 aromatic rings. The highest BCUT2D eigenvalue weighted by molar-refractivity contribution is 6.31. The molecule has 10 nitrogen and oxygen atoms in total. The van der Waals surface area contributed by atoms with Crippen molar-refractivity contribution in [3.05, 3.63) is 166 Å². The molecule has 0 aromatic heterocycles. The number of nitrogens with one attached hydrogen (secondary N) is 4. The number of fused-ring (bicyclic) bond motifs is 2. The molecule has 1 aliphatic carbocycles. The summed E-state index contributed by atoms with van der Waals surface area (Å²) in [6.45, 7) is 10.4. The van der Waals surface area contributed by atoms with Crippen molar-refractivity contribution in [3.8, 4) is 0 Å². The van der Waals surface area contributed by atoms with E-state index >= 15 is 0 Å². The number of carbonyl (C=O) groups excluding carboxylic acids is 4. The predicted octanol–water partition coefficient (Wildman–Crippen LogP) is 14.3. The second-order valence-corrected chi connectivity index (χ2v) is 23.6. The standard InChI is InChI=1S/C35H44ClN3O2.C33H42ClN3O2/c1-2-26(27-11-7-4-8-12-27)24-39-20-19-32(38-33(35(39)41)18-13-25-9-5-3-6-10-25)23-37-34(40)30-15-14-29-22-31(36)17-16-28(29)21-30;1-3-5-6-10-13-31-33(39)37(23-24(4-2)25-11-8-7-9-12-25)19-18-30(36-31)22-35-32(38)28-15-14-27-21-29(34)17-16-26(27)20-28/h4,7-8,11-12,14-17,21-22,25-26,32-33,38H,2-3,5-6,9-10,13,18-20,23-24H2,1H3,(H,37,40);7-9,11-12,14-17,20-21,24,30-31,36H,3-6,10,13,18-19,22-23H2,1-2H3,(H,35,38)/t26-,32+,33+;24-,30+,31+/m11/s1. The van der Waals surface area contributed by atoms with Gasteiger partial charge in [-0.1, -0.05) is 187 Å². The van der Waals surface area contributed by atoms with Crippen LogP contribution in [-0.2, 0) is 9.59 Å². The third-order valence-electron chi connectivity index (χ3n) is 17.1. The quantitative estimate of drug-likeness (QED) is 0.0502. The number of nitrogens with zero attached hydrogens (tertiary/aromatic N) is 2. The number of hydrogen-bond acceptors (Lipinski definition) is 6.